The highest BCUT2D eigenvalue weighted by Crippen LogP contribution is 2.09. The summed E-state index contributed by atoms with van der Waals surface area (Å²) in [5.74, 6) is -0.693. The summed E-state index contributed by atoms with van der Waals surface area (Å²) in [6, 6.07) is 0. The number of rotatable bonds is 2. The molecule has 13 heavy (non-hydrogen) atoms. The summed E-state index contributed by atoms with van der Waals surface area (Å²) in [6.07, 6.45) is -0.198. The molecule has 0 aromatic rings. The van der Waals surface area contributed by atoms with Crippen molar-refractivity contribution < 1.29 is 19.1 Å². The molecule has 1 fully saturated rings. The van der Waals surface area contributed by atoms with Crippen LogP contribution in [-0.4, -0.2) is 31.1 Å². The zero-order chi connectivity index (χ0) is 9.84. The number of carbonyl (C=O) groups excluding carboxylic acids is 2. The number of ether oxygens (including phenoxy) is 2. The van der Waals surface area contributed by atoms with Crippen molar-refractivity contribution >= 4 is 11.8 Å². The van der Waals surface area contributed by atoms with Gasteiger partial charge in [-0.2, -0.15) is 0 Å². The topological polar surface area (TPSA) is 52.6 Å². The van der Waals surface area contributed by atoms with E-state index >= 15 is 0 Å². The second-order valence-electron chi connectivity index (χ2n) is 2.98. The Morgan fingerprint density at radius 3 is 2.92 bits per heavy atom. The van der Waals surface area contributed by atoms with Crippen LogP contribution in [0.1, 0.15) is 13.3 Å². The zero-order valence-electron chi connectivity index (χ0n) is 7.54. The van der Waals surface area contributed by atoms with Crippen LogP contribution in [0.4, 0.5) is 0 Å². The first-order valence-electron chi connectivity index (χ1n) is 4.08. The Labute approximate surface area is 76.5 Å². The molecule has 1 saturated heterocycles. The molecule has 0 aromatic heterocycles. The average molecular weight is 184 g/mol. The summed E-state index contributed by atoms with van der Waals surface area (Å²) in [4.78, 5) is 22.2. The van der Waals surface area contributed by atoms with Gasteiger partial charge in [-0.1, -0.05) is 6.58 Å². The number of hydrogen-bond donors (Lipinski definition) is 0. The predicted molar refractivity (Wildman–Crippen MR) is 45.1 cm³/mol. The minimum absolute atomic E-state index is 0.0359. The van der Waals surface area contributed by atoms with E-state index in [1.165, 1.54) is 0 Å². The zero-order valence-corrected chi connectivity index (χ0v) is 7.54. The summed E-state index contributed by atoms with van der Waals surface area (Å²) < 4.78 is 9.79. The van der Waals surface area contributed by atoms with Gasteiger partial charge < -0.3 is 9.47 Å². The van der Waals surface area contributed by atoms with E-state index in [1.54, 1.807) is 6.92 Å². The second kappa shape index (κ2) is 4.18. The molecule has 0 amide bonds. The fourth-order valence-corrected chi connectivity index (χ4v) is 0.972. The third kappa shape index (κ3) is 2.66. The molecule has 0 saturated carbocycles. The van der Waals surface area contributed by atoms with Crippen LogP contribution >= 0.6 is 0 Å². The van der Waals surface area contributed by atoms with Crippen LogP contribution < -0.4 is 0 Å². The molecule has 4 nitrogen and oxygen atoms in total. The molecule has 0 aliphatic carbocycles. The molecule has 0 N–H and O–H groups in total. The lowest BCUT2D eigenvalue weighted by Gasteiger charge is -2.20. The van der Waals surface area contributed by atoms with E-state index in [-0.39, 0.29) is 12.4 Å². The molecule has 1 heterocycles. The van der Waals surface area contributed by atoms with Gasteiger partial charge in [0, 0.05) is 12.0 Å². The van der Waals surface area contributed by atoms with Gasteiger partial charge in [0.2, 0.25) is 0 Å². The maximum Gasteiger partial charge on any atom is 0.333 e. The molecular weight excluding hydrogens is 172 g/mol. The minimum atomic E-state index is -0.641. The van der Waals surface area contributed by atoms with E-state index in [4.69, 9.17) is 9.47 Å². The van der Waals surface area contributed by atoms with Crippen LogP contribution in [-0.2, 0) is 19.1 Å². The van der Waals surface area contributed by atoms with E-state index in [1.807, 2.05) is 0 Å². The Hall–Kier alpha value is -1.16. The number of Topliss-reactive ketones (excluding diaryl/α,β-unsaturated/α-hetero) is 1. The first-order valence-corrected chi connectivity index (χ1v) is 4.08. The standard InChI is InChI=1S/C9H12O4/c1-6(2)9(11)13-8-3-4-12-5-7(8)10/h8H,1,3-5H2,2H3. The Bertz CT molecular complexity index is 244. The second-order valence-corrected chi connectivity index (χ2v) is 2.98. The summed E-state index contributed by atoms with van der Waals surface area (Å²) >= 11 is 0. The Kier molecular flexibility index (Phi) is 3.19. The maximum absolute atomic E-state index is 11.1. The van der Waals surface area contributed by atoms with Crippen molar-refractivity contribution in [1.82, 2.24) is 0 Å². The van der Waals surface area contributed by atoms with Gasteiger partial charge in [0.1, 0.15) is 6.61 Å². The lowest BCUT2D eigenvalue weighted by atomic mass is 10.1. The molecule has 72 valence electrons. The van der Waals surface area contributed by atoms with Gasteiger partial charge in [-0.05, 0) is 6.92 Å². The highest BCUT2D eigenvalue weighted by molar-refractivity contribution is 5.91. The molecule has 0 spiro atoms. The first-order chi connectivity index (χ1) is 6.11. The van der Waals surface area contributed by atoms with Gasteiger partial charge in [-0.15, -0.1) is 0 Å². The monoisotopic (exact) mass is 184 g/mol. The molecule has 1 unspecified atom stereocenters. The number of carbonyl (C=O) groups is 2. The van der Waals surface area contributed by atoms with Gasteiger partial charge in [0.05, 0.1) is 6.61 Å². The fourth-order valence-electron chi connectivity index (χ4n) is 0.972. The third-order valence-corrected chi connectivity index (χ3v) is 1.73. The molecule has 1 aliphatic rings. The van der Waals surface area contributed by atoms with Gasteiger partial charge >= 0.3 is 5.97 Å². The Balaban J connectivity index is 2.47. The average Bonchev–Trinajstić information content (AvgIpc) is 2.08. The Morgan fingerprint density at radius 2 is 2.38 bits per heavy atom. The van der Waals surface area contributed by atoms with Crippen LogP contribution in [0.2, 0.25) is 0 Å². The summed E-state index contributed by atoms with van der Waals surface area (Å²) in [5.41, 5.74) is 0.305. The number of ketones is 1. The molecule has 0 bridgehead atoms. The van der Waals surface area contributed by atoms with Crippen molar-refractivity contribution in [2.24, 2.45) is 0 Å². The lowest BCUT2D eigenvalue weighted by Crippen LogP contribution is -2.36. The van der Waals surface area contributed by atoms with E-state index < -0.39 is 12.1 Å². The van der Waals surface area contributed by atoms with Crippen molar-refractivity contribution in [3.8, 4) is 0 Å². The van der Waals surface area contributed by atoms with Crippen molar-refractivity contribution in [2.75, 3.05) is 13.2 Å². The predicted octanol–water partition coefficient (Wildman–Crippen LogP) is 0.464. The normalized spacial score (nSPS) is 22.5. The molecular formula is C9H12O4. The largest absolute Gasteiger partial charge is 0.451 e. The van der Waals surface area contributed by atoms with Crippen LogP contribution in [0, 0.1) is 0 Å². The van der Waals surface area contributed by atoms with Gasteiger partial charge in [-0.3, -0.25) is 4.79 Å². The van der Waals surface area contributed by atoms with Crippen molar-refractivity contribution in [1.29, 1.82) is 0 Å². The number of esters is 1. The van der Waals surface area contributed by atoms with Crippen molar-refractivity contribution in [3.05, 3.63) is 12.2 Å². The lowest BCUT2D eigenvalue weighted by molar-refractivity contribution is -0.158. The first kappa shape index (κ1) is 9.92. The van der Waals surface area contributed by atoms with Crippen molar-refractivity contribution in [3.63, 3.8) is 0 Å². The maximum atomic E-state index is 11.1. The minimum Gasteiger partial charge on any atom is -0.451 e. The number of hydrogen-bond acceptors (Lipinski definition) is 4. The van der Waals surface area contributed by atoms with Gasteiger partial charge in [0.15, 0.2) is 11.9 Å². The smallest absolute Gasteiger partial charge is 0.333 e. The highest BCUT2D eigenvalue weighted by Gasteiger charge is 2.26. The van der Waals surface area contributed by atoms with E-state index in [0.717, 1.165) is 0 Å². The third-order valence-electron chi connectivity index (χ3n) is 1.73. The molecule has 1 rings (SSSR count). The van der Waals surface area contributed by atoms with E-state index in [2.05, 4.69) is 6.58 Å². The molecule has 4 heteroatoms. The quantitative estimate of drug-likeness (QED) is 0.462. The van der Waals surface area contributed by atoms with Gasteiger partial charge in [-0.25, -0.2) is 4.79 Å². The van der Waals surface area contributed by atoms with Crippen LogP contribution in [0.3, 0.4) is 0 Å². The van der Waals surface area contributed by atoms with E-state index in [0.29, 0.717) is 18.6 Å². The van der Waals surface area contributed by atoms with Crippen LogP contribution in [0.25, 0.3) is 0 Å². The molecule has 0 aromatic carbocycles. The molecule has 0 radical (unpaired) electrons. The SMILES string of the molecule is C=C(C)C(=O)OC1CCOCC1=O. The summed E-state index contributed by atoms with van der Waals surface area (Å²) in [6.45, 7) is 5.47. The summed E-state index contributed by atoms with van der Waals surface area (Å²) in [5, 5.41) is 0. The van der Waals surface area contributed by atoms with E-state index in [9.17, 15) is 9.59 Å². The fraction of sp³-hybridized carbons (Fsp3) is 0.556. The molecule has 1 aliphatic heterocycles. The highest BCUT2D eigenvalue weighted by atomic mass is 16.6. The van der Waals surface area contributed by atoms with Gasteiger partial charge in [0.25, 0.3) is 0 Å². The van der Waals surface area contributed by atoms with Crippen LogP contribution in [0.15, 0.2) is 12.2 Å². The van der Waals surface area contributed by atoms with Crippen molar-refractivity contribution in [2.45, 2.75) is 19.4 Å². The van der Waals surface area contributed by atoms with Crippen LogP contribution in [0.5, 0.6) is 0 Å². The Morgan fingerprint density at radius 1 is 1.69 bits per heavy atom. The summed E-state index contributed by atoms with van der Waals surface area (Å²) in [7, 11) is 0. The molecule has 1 atom stereocenters.